The van der Waals surface area contributed by atoms with Crippen LogP contribution in [0.3, 0.4) is 0 Å². The summed E-state index contributed by atoms with van der Waals surface area (Å²) in [7, 11) is 0. The van der Waals surface area contributed by atoms with E-state index in [-0.39, 0.29) is 11.5 Å². The van der Waals surface area contributed by atoms with Crippen molar-refractivity contribution in [2.45, 2.75) is 38.1 Å². The van der Waals surface area contributed by atoms with E-state index in [0.717, 1.165) is 12.8 Å². The van der Waals surface area contributed by atoms with E-state index in [1.807, 2.05) is 0 Å². The monoisotopic (exact) mass is 253 g/mol. The topological polar surface area (TPSA) is 26.0 Å². The molecule has 2 aromatic rings. The van der Waals surface area contributed by atoms with Crippen LogP contribution in [0.25, 0.3) is 0 Å². The molecule has 1 atom stereocenters. The fourth-order valence-corrected chi connectivity index (χ4v) is 3.07. The van der Waals surface area contributed by atoms with Crippen LogP contribution >= 0.6 is 0 Å². The van der Waals surface area contributed by atoms with Gasteiger partial charge in [0.1, 0.15) is 0 Å². The number of hydrogen-bond acceptors (Lipinski definition) is 1. The van der Waals surface area contributed by atoms with Gasteiger partial charge in [-0.3, -0.25) is 0 Å². The summed E-state index contributed by atoms with van der Waals surface area (Å²) in [5, 5.41) is 0. The van der Waals surface area contributed by atoms with Gasteiger partial charge in [0.2, 0.25) is 0 Å². The minimum Gasteiger partial charge on any atom is -0.327 e. The maximum atomic E-state index is 6.42. The van der Waals surface area contributed by atoms with Gasteiger partial charge in [-0.15, -0.1) is 0 Å². The van der Waals surface area contributed by atoms with Gasteiger partial charge in [0.25, 0.3) is 0 Å². The van der Waals surface area contributed by atoms with E-state index in [4.69, 9.17) is 5.73 Å². The summed E-state index contributed by atoms with van der Waals surface area (Å²) in [4.78, 5) is 0. The summed E-state index contributed by atoms with van der Waals surface area (Å²) >= 11 is 0. The molecule has 0 saturated heterocycles. The van der Waals surface area contributed by atoms with Crippen LogP contribution < -0.4 is 5.73 Å². The Labute approximate surface area is 116 Å². The van der Waals surface area contributed by atoms with Crippen LogP contribution in [0.2, 0.25) is 0 Å². The smallest absolute Gasteiger partial charge is 0.0350 e. The Morgan fingerprint density at radius 1 is 0.895 bits per heavy atom. The van der Waals surface area contributed by atoms with E-state index >= 15 is 0 Å². The lowest BCUT2D eigenvalue weighted by molar-refractivity contribution is 0.394. The zero-order chi connectivity index (χ0) is 13.7. The van der Waals surface area contributed by atoms with Crippen molar-refractivity contribution in [2.24, 2.45) is 5.73 Å². The van der Waals surface area contributed by atoms with Gasteiger partial charge in [0, 0.05) is 11.5 Å². The van der Waals surface area contributed by atoms with E-state index in [0.29, 0.717) is 0 Å². The quantitative estimate of drug-likeness (QED) is 0.852. The van der Waals surface area contributed by atoms with Crippen LogP contribution in [0.1, 0.15) is 37.8 Å². The highest BCUT2D eigenvalue weighted by Gasteiger charge is 2.36. The minimum absolute atomic E-state index is 0.0808. The minimum atomic E-state index is -0.0860. The third-order valence-corrected chi connectivity index (χ3v) is 4.00. The molecular weight excluding hydrogens is 230 g/mol. The van der Waals surface area contributed by atoms with Crippen molar-refractivity contribution in [1.29, 1.82) is 0 Å². The highest BCUT2D eigenvalue weighted by atomic mass is 14.7. The Morgan fingerprint density at radius 3 is 1.63 bits per heavy atom. The molecule has 0 aliphatic carbocycles. The molecule has 0 saturated carbocycles. The first-order chi connectivity index (χ1) is 9.21. The average Bonchev–Trinajstić information content (AvgIpc) is 2.46. The van der Waals surface area contributed by atoms with Gasteiger partial charge in [-0.2, -0.15) is 0 Å². The van der Waals surface area contributed by atoms with Gasteiger partial charge in [-0.05, 0) is 24.5 Å². The van der Waals surface area contributed by atoms with E-state index in [2.05, 4.69) is 74.5 Å². The molecule has 2 N–H and O–H groups in total. The summed E-state index contributed by atoms with van der Waals surface area (Å²) in [6.45, 7) is 4.35. The molecule has 0 fully saturated rings. The second kappa shape index (κ2) is 6.03. The first-order valence-corrected chi connectivity index (χ1v) is 7.08. The van der Waals surface area contributed by atoms with Gasteiger partial charge >= 0.3 is 0 Å². The molecule has 1 unspecified atom stereocenters. The van der Waals surface area contributed by atoms with Crippen LogP contribution in [-0.4, -0.2) is 6.04 Å². The van der Waals surface area contributed by atoms with Crippen LogP contribution in [0.5, 0.6) is 0 Å². The van der Waals surface area contributed by atoms with Gasteiger partial charge < -0.3 is 5.73 Å². The van der Waals surface area contributed by atoms with Crippen molar-refractivity contribution in [2.75, 3.05) is 0 Å². The Kier molecular flexibility index (Phi) is 4.39. The SMILES string of the molecule is CCCC(c1ccccc1)(c1ccccc1)C(C)N. The number of nitrogens with two attached hydrogens (primary N) is 1. The molecule has 0 amide bonds. The third kappa shape index (κ3) is 2.57. The summed E-state index contributed by atoms with van der Waals surface area (Å²) in [5.74, 6) is 0. The zero-order valence-corrected chi connectivity index (χ0v) is 11.8. The molecule has 2 rings (SSSR count). The van der Waals surface area contributed by atoms with E-state index in [1.165, 1.54) is 11.1 Å². The summed E-state index contributed by atoms with van der Waals surface area (Å²) in [6.07, 6.45) is 2.18. The molecule has 19 heavy (non-hydrogen) atoms. The largest absolute Gasteiger partial charge is 0.327 e. The van der Waals surface area contributed by atoms with E-state index < -0.39 is 0 Å². The van der Waals surface area contributed by atoms with Crippen LogP contribution in [0.15, 0.2) is 60.7 Å². The molecule has 0 bridgehead atoms. The molecular formula is C18H23N. The van der Waals surface area contributed by atoms with Crippen molar-refractivity contribution >= 4 is 0 Å². The molecule has 1 nitrogen and oxygen atoms in total. The Bertz CT molecular complexity index is 448. The normalized spacial score (nSPS) is 13.2. The predicted molar refractivity (Wildman–Crippen MR) is 82.2 cm³/mol. The molecule has 0 radical (unpaired) electrons. The fourth-order valence-electron chi connectivity index (χ4n) is 3.07. The second-order valence-corrected chi connectivity index (χ2v) is 5.24. The zero-order valence-electron chi connectivity index (χ0n) is 11.8. The van der Waals surface area contributed by atoms with Crippen molar-refractivity contribution in [3.8, 4) is 0 Å². The number of benzene rings is 2. The Balaban J connectivity index is 2.61. The lowest BCUT2D eigenvalue weighted by Gasteiger charge is -2.38. The first-order valence-electron chi connectivity index (χ1n) is 7.08. The highest BCUT2D eigenvalue weighted by molar-refractivity contribution is 5.41. The lowest BCUT2D eigenvalue weighted by atomic mass is 9.67. The maximum absolute atomic E-state index is 6.42. The van der Waals surface area contributed by atoms with E-state index in [9.17, 15) is 0 Å². The van der Waals surface area contributed by atoms with Crippen molar-refractivity contribution in [3.63, 3.8) is 0 Å². The fraction of sp³-hybridized carbons (Fsp3) is 0.333. The molecule has 0 heterocycles. The Hall–Kier alpha value is -1.60. The number of rotatable bonds is 5. The molecule has 1 heteroatoms. The van der Waals surface area contributed by atoms with Crippen LogP contribution in [0, 0.1) is 0 Å². The van der Waals surface area contributed by atoms with Gasteiger partial charge in [0.15, 0.2) is 0 Å². The van der Waals surface area contributed by atoms with Crippen LogP contribution in [0.4, 0.5) is 0 Å². The summed E-state index contributed by atoms with van der Waals surface area (Å²) in [5.41, 5.74) is 8.97. The predicted octanol–water partition coefficient (Wildman–Crippen LogP) is 4.12. The Morgan fingerprint density at radius 2 is 1.32 bits per heavy atom. The van der Waals surface area contributed by atoms with Gasteiger partial charge in [-0.25, -0.2) is 0 Å². The maximum Gasteiger partial charge on any atom is 0.0350 e. The van der Waals surface area contributed by atoms with Crippen LogP contribution in [-0.2, 0) is 5.41 Å². The lowest BCUT2D eigenvalue weighted by Crippen LogP contribution is -2.44. The molecule has 100 valence electrons. The third-order valence-electron chi connectivity index (χ3n) is 4.00. The highest BCUT2D eigenvalue weighted by Crippen LogP contribution is 2.39. The molecule has 0 spiro atoms. The summed E-state index contributed by atoms with van der Waals surface area (Å²) in [6, 6.07) is 21.4. The summed E-state index contributed by atoms with van der Waals surface area (Å²) < 4.78 is 0. The molecule has 0 aromatic heterocycles. The van der Waals surface area contributed by atoms with Gasteiger partial charge in [-0.1, -0.05) is 74.0 Å². The molecule has 0 aliphatic rings. The van der Waals surface area contributed by atoms with Gasteiger partial charge in [0.05, 0.1) is 0 Å². The van der Waals surface area contributed by atoms with Crippen molar-refractivity contribution in [3.05, 3.63) is 71.8 Å². The average molecular weight is 253 g/mol. The van der Waals surface area contributed by atoms with E-state index in [1.54, 1.807) is 0 Å². The first kappa shape index (κ1) is 13.8. The van der Waals surface area contributed by atoms with Crippen molar-refractivity contribution in [1.82, 2.24) is 0 Å². The molecule has 2 aromatic carbocycles. The standard InChI is InChI=1S/C18H23N/c1-3-14-18(15(2)19,16-10-6-4-7-11-16)17-12-8-5-9-13-17/h4-13,15H,3,14,19H2,1-2H3. The number of hydrogen-bond donors (Lipinski definition) is 1. The second-order valence-electron chi connectivity index (χ2n) is 5.24. The van der Waals surface area contributed by atoms with Crippen molar-refractivity contribution < 1.29 is 0 Å². The molecule has 0 aliphatic heterocycles.